The summed E-state index contributed by atoms with van der Waals surface area (Å²) in [6, 6.07) is 0. The largest absolute Gasteiger partial charge is 0.0654 e. The van der Waals surface area contributed by atoms with Crippen molar-refractivity contribution in [1.82, 2.24) is 0 Å². The van der Waals surface area contributed by atoms with Gasteiger partial charge in [-0.05, 0) is 31.1 Å². The Kier molecular flexibility index (Phi) is 56.3. The summed E-state index contributed by atoms with van der Waals surface area (Å²) in [5.41, 5.74) is 0.662. The molecule has 0 bridgehead atoms. The first-order valence-corrected chi connectivity index (χ1v) is 31.2. The maximum absolute atomic E-state index is 2.42. The maximum Gasteiger partial charge on any atom is -0.0297 e. The number of unbranched alkanes of at least 4 members (excludes halogenated alkanes) is 50. The van der Waals surface area contributed by atoms with Crippen LogP contribution in [-0.2, 0) is 0 Å². The van der Waals surface area contributed by atoms with E-state index in [1.807, 2.05) is 0 Å². The van der Waals surface area contributed by atoms with Gasteiger partial charge in [-0.2, -0.15) is 0 Å². The molecular weight excluding hydrogens is 757 g/mol. The second kappa shape index (κ2) is 56.3. The third-order valence-electron chi connectivity index (χ3n) is 15.7. The second-order valence-corrected chi connectivity index (χ2v) is 22.2. The van der Waals surface area contributed by atoms with E-state index in [1.165, 1.54) is 353 Å². The molecule has 0 N–H and O–H groups in total. The van der Waals surface area contributed by atoms with Crippen molar-refractivity contribution in [3.8, 4) is 0 Å². The zero-order valence-corrected chi connectivity index (χ0v) is 45.5. The Balaban J connectivity index is 4.47. The lowest BCUT2D eigenvalue weighted by Crippen LogP contribution is -2.21. The molecule has 0 aliphatic carbocycles. The van der Waals surface area contributed by atoms with Crippen molar-refractivity contribution in [3.63, 3.8) is 0 Å². The van der Waals surface area contributed by atoms with Gasteiger partial charge in [0.1, 0.15) is 0 Å². The Morgan fingerprint density at radius 2 is 0.222 bits per heavy atom. The number of rotatable bonds is 58. The highest BCUT2D eigenvalue weighted by Gasteiger charge is 2.28. The van der Waals surface area contributed by atoms with E-state index < -0.39 is 0 Å². The summed E-state index contributed by atoms with van der Waals surface area (Å²) < 4.78 is 0. The van der Waals surface area contributed by atoms with Crippen LogP contribution in [0.15, 0.2) is 0 Å². The van der Waals surface area contributed by atoms with E-state index in [9.17, 15) is 0 Å². The highest BCUT2D eigenvalue weighted by atomic mass is 14.3. The van der Waals surface area contributed by atoms with E-state index >= 15 is 0 Å². The lowest BCUT2D eigenvalue weighted by Gasteiger charge is -2.35. The molecule has 0 heteroatoms. The second-order valence-electron chi connectivity index (χ2n) is 22.2. The fourth-order valence-corrected chi connectivity index (χ4v) is 11.2. The Hall–Kier alpha value is 0. The molecule has 0 rings (SSSR count). The van der Waals surface area contributed by atoms with Crippen molar-refractivity contribution in [1.29, 1.82) is 0 Å². The van der Waals surface area contributed by atoms with Gasteiger partial charge >= 0.3 is 0 Å². The Morgan fingerprint density at radius 3 is 0.365 bits per heavy atom. The third-order valence-corrected chi connectivity index (χ3v) is 15.7. The standard InChI is InChI=1S/C63H128/c1-5-9-13-16-19-22-25-28-31-34-37-40-43-46-49-52-56-60-63(59-55-12-8-4,61-57-53-50-47-44-41-38-35-32-29-26-23-20-17-14-10-6-2)62-58-54-51-48-45-42-39-36-33-30-27-24-21-18-15-11-7-3/h5-62H2,1-4H3. The molecule has 0 atom stereocenters. The summed E-state index contributed by atoms with van der Waals surface area (Å²) in [4.78, 5) is 0. The van der Waals surface area contributed by atoms with Crippen LogP contribution in [0, 0.1) is 5.41 Å². The van der Waals surface area contributed by atoms with Gasteiger partial charge in [-0.1, -0.05) is 374 Å². The average molecular weight is 886 g/mol. The molecule has 63 heavy (non-hydrogen) atoms. The number of hydrogen-bond acceptors (Lipinski definition) is 0. The first-order chi connectivity index (χ1) is 31.2. The topological polar surface area (TPSA) is 0 Å². The highest BCUT2D eigenvalue weighted by molar-refractivity contribution is 4.80. The van der Waals surface area contributed by atoms with Crippen molar-refractivity contribution in [3.05, 3.63) is 0 Å². The van der Waals surface area contributed by atoms with E-state index in [4.69, 9.17) is 0 Å². The molecule has 0 radical (unpaired) electrons. The Bertz CT molecular complexity index is 673. The summed E-state index contributed by atoms with van der Waals surface area (Å²) in [6.45, 7) is 9.40. The summed E-state index contributed by atoms with van der Waals surface area (Å²) in [7, 11) is 0. The van der Waals surface area contributed by atoms with Crippen molar-refractivity contribution >= 4 is 0 Å². The van der Waals surface area contributed by atoms with Crippen molar-refractivity contribution in [2.24, 2.45) is 5.41 Å². The van der Waals surface area contributed by atoms with Crippen LogP contribution in [0.1, 0.15) is 400 Å². The molecule has 0 aromatic heterocycles. The highest BCUT2D eigenvalue weighted by Crippen LogP contribution is 2.42. The van der Waals surface area contributed by atoms with E-state index in [0.29, 0.717) is 5.41 Å². The lowest BCUT2D eigenvalue weighted by atomic mass is 9.70. The van der Waals surface area contributed by atoms with Gasteiger partial charge in [0.15, 0.2) is 0 Å². The zero-order chi connectivity index (χ0) is 45.5. The summed E-state index contributed by atoms with van der Waals surface area (Å²) in [5, 5.41) is 0. The molecular formula is C63H128. The van der Waals surface area contributed by atoms with Gasteiger partial charge in [-0.15, -0.1) is 0 Å². The molecule has 0 fully saturated rings. The van der Waals surface area contributed by atoms with Gasteiger partial charge in [0.2, 0.25) is 0 Å². The minimum absolute atomic E-state index is 0.662. The minimum atomic E-state index is 0.662. The smallest absolute Gasteiger partial charge is 0.0297 e. The molecule has 0 heterocycles. The summed E-state index contributed by atoms with van der Waals surface area (Å²) in [6.07, 6.45) is 86.2. The van der Waals surface area contributed by atoms with Gasteiger partial charge in [0.05, 0.1) is 0 Å². The van der Waals surface area contributed by atoms with Crippen LogP contribution in [0.3, 0.4) is 0 Å². The van der Waals surface area contributed by atoms with Crippen LogP contribution in [-0.4, -0.2) is 0 Å². The molecule has 0 aliphatic rings. The van der Waals surface area contributed by atoms with Gasteiger partial charge in [0.25, 0.3) is 0 Å². The van der Waals surface area contributed by atoms with Gasteiger partial charge in [-0.3, -0.25) is 0 Å². The fraction of sp³-hybridized carbons (Fsp3) is 1.00. The maximum atomic E-state index is 2.42. The van der Waals surface area contributed by atoms with Crippen LogP contribution in [0.4, 0.5) is 0 Å². The molecule has 0 aliphatic heterocycles. The summed E-state index contributed by atoms with van der Waals surface area (Å²) in [5.74, 6) is 0. The molecule has 380 valence electrons. The van der Waals surface area contributed by atoms with Crippen LogP contribution < -0.4 is 0 Å². The Labute approximate surface area is 403 Å². The van der Waals surface area contributed by atoms with Crippen LogP contribution in [0.2, 0.25) is 0 Å². The van der Waals surface area contributed by atoms with Crippen LogP contribution in [0.25, 0.3) is 0 Å². The van der Waals surface area contributed by atoms with E-state index in [1.54, 1.807) is 19.3 Å². The normalized spacial score (nSPS) is 12.0. The predicted octanol–water partition coefficient (Wildman–Crippen LogP) is 24.7. The van der Waals surface area contributed by atoms with Crippen LogP contribution in [0.5, 0.6) is 0 Å². The molecule has 0 nitrogen and oxygen atoms in total. The molecule has 0 aromatic carbocycles. The minimum Gasteiger partial charge on any atom is -0.0654 e. The molecule has 0 amide bonds. The van der Waals surface area contributed by atoms with Gasteiger partial charge < -0.3 is 0 Å². The first-order valence-electron chi connectivity index (χ1n) is 31.2. The number of hydrogen-bond donors (Lipinski definition) is 0. The van der Waals surface area contributed by atoms with Gasteiger partial charge in [0, 0.05) is 0 Å². The zero-order valence-electron chi connectivity index (χ0n) is 45.5. The monoisotopic (exact) mass is 885 g/mol. The molecule has 0 aromatic rings. The van der Waals surface area contributed by atoms with E-state index in [2.05, 4.69) is 27.7 Å². The van der Waals surface area contributed by atoms with E-state index in [-0.39, 0.29) is 0 Å². The van der Waals surface area contributed by atoms with Crippen molar-refractivity contribution < 1.29 is 0 Å². The Morgan fingerprint density at radius 1 is 0.127 bits per heavy atom. The van der Waals surface area contributed by atoms with E-state index in [0.717, 1.165) is 0 Å². The van der Waals surface area contributed by atoms with Crippen molar-refractivity contribution in [2.45, 2.75) is 400 Å². The predicted molar refractivity (Wildman–Crippen MR) is 293 cm³/mol. The molecule has 0 spiro atoms. The first kappa shape index (κ1) is 63.0. The van der Waals surface area contributed by atoms with Gasteiger partial charge in [-0.25, -0.2) is 0 Å². The van der Waals surface area contributed by atoms with Crippen LogP contribution >= 0.6 is 0 Å². The van der Waals surface area contributed by atoms with Crippen molar-refractivity contribution in [2.75, 3.05) is 0 Å². The SMILES string of the molecule is CCCCCCCCCCCCCCCCCCCC(CCCCC)(CCCCCCCCCCCCCCCCCCC)CCCCCCCCCCCCCCCCCCC. The summed E-state index contributed by atoms with van der Waals surface area (Å²) >= 11 is 0. The third kappa shape index (κ3) is 51.2. The molecule has 0 saturated heterocycles. The quantitative estimate of drug-likeness (QED) is 0.0534. The average Bonchev–Trinajstić information content (AvgIpc) is 3.29. The fourth-order valence-electron chi connectivity index (χ4n) is 11.2. The lowest BCUT2D eigenvalue weighted by molar-refractivity contribution is 0.172. The molecule has 0 saturated carbocycles. The molecule has 0 unspecified atom stereocenters.